The average molecular weight is 1120 g/mol. The summed E-state index contributed by atoms with van der Waals surface area (Å²) in [5.41, 5.74) is 3.87. The van der Waals surface area contributed by atoms with Crippen molar-refractivity contribution >= 4 is 44.4 Å². The second kappa shape index (κ2) is 27.1. The number of sulfonamides is 1. The number of carbonyl (C=O) groups is 3. The molecule has 0 spiro atoms. The van der Waals surface area contributed by atoms with Crippen LogP contribution in [0.5, 0.6) is 17.2 Å². The first-order valence-corrected chi connectivity index (χ1v) is 28.7. The third-order valence-electron chi connectivity index (χ3n) is 13.5. The van der Waals surface area contributed by atoms with E-state index >= 15 is 0 Å². The number of benzene rings is 6. The second-order valence-electron chi connectivity index (χ2n) is 21.8. The quantitative estimate of drug-likeness (QED) is 0.0431. The van der Waals surface area contributed by atoms with Crippen LogP contribution in [0.4, 0.5) is 5.69 Å². The van der Waals surface area contributed by atoms with Gasteiger partial charge in [0.2, 0.25) is 15.5 Å². The lowest BCUT2D eigenvalue weighted by Gasteiger charge is -2.31. The average Bonchev–Trinajstić information content (AvgIpc) is 3.47. The number of amides is 2. The Bertz CT molecular complexity index is 3420. The zero-order chi connectivity index (χ0) is 57.6. The van der Waals surface area contributed by atoms with E-state index in [4.69, 9.17) is 28.4 Å². The summed E-state index contributed by atoms with van der Waals surface area (Å²) in [6.45, 7) is 14.3. The van der Waals surface area contributed by atoms with E-state index in [1.807, 2.05) is 128 Å². The van der Waals surface area contributed by atoms with Gasteiger partial charge >= 0.3 is 5.97 Å². The van der Waals surface area contributed by atoms with Crippen molar-refractivity contribution in [2.45, 2.75) is 89.4 Å². The summed E-state index contributed by atoms with van der Waals surface area (Å²) in [5, 5.41) is 6.04. The molecular weight excluding hydrogens is 1050 g/mol. The van der Waals surface area contributed by atoms with Crippen LogP contribution in [0, 0.1) is 0 Å². The molecule has 6 aromatic carbocycles. The third-order valence-corrected chi connectivity index (χ3v) is 15.4. The van der Waals surface area contributed by atoms with Crippen molar-refractivity contribution in [3.63, 3.8) is 0 Å². The van der Waals surface area contributed by atoms with E-state index in [0.29, 0.717) is 87.2 Å². The zero-order valence-electron chi connectivity index (χ0n) is 46.9. The van der Waals surface area contributed by atoms with Gasteiger partial charge in [0.15, 0.2) is 11.5 Å². The van der Waals surface area contributed by atoms with Crippen LogP contribution in [0.3, 0.4) is 0 Å². The van der Waals surface area contributed by atoms with Gasteiger partial charge in [0, 0.05) is 48.5 Å². The van der Waals surface area contributed by atoms with Gasteiger partial charge in [-0.05, 0) is 122 Å². The lowest BCUT2D eigenvalue weighted by atomic mass is 9.85. The van der Waals surface area contributed by atoms with Crippen LogP contribution >= 0.6 is 0 Å². The van der Waals surface area contributed by atoms with Crippen molar-refractivity contribution in [3.8, 4) is 17.2 Å². The molecule has 0 radical (unpaired) electrons. The summed E-state index contributed by atoms with van der Waals surface area (Å²) < 4.78 is 66.0. The predicted molar refractivity (Wildman–Crippen MR) is 312 cm³/mol. The number of nitrogens with one attached hydrogen (secondary N) is 2. The van der Waals surface area contributed by atoms with Gasteiger partial charge in [0.25, 0.3) is 11.8 Å². The van der Waals surface area contributed by atoms with Gasteiger partial charge in [-0.1, -0.05) is 106 Å². The highest BCUT2D eigenvalue weighted by atomic mass is 32.2. The van der Waals surface area contributed by atoms with Crippen LogP contribution < -0.4 is 30.3 Å². The number of piperidine rings is 1. The number of nitrogens with zero attached hydrogens (tertiary/aromatic N) is 2. The van der Waals surface area contributed by atoms with Gasteiger partial charge in [0.05, 0.1) is 36.8 Å². The molecular formula is C64H72N4O12S. The number of hydrogen-bond acceptors (Lipinski definition) is 12. The van der Waals surface area contributed by atoms with Crippen molar-refractivity contribution in [2.75, 3.05) is 64.6 Å². The maximum Gasteiger partial charge on any atom is 0.325 e. The Kier molecular flexibility index (Phi) is 19.8. The molecule has 17 heteroatoms. The van der Waals surface area contributed by atoms with E-state index in [1.54, 1.807) is 45.2 Å². The van der Waals surface area contributed by atoms with Crippen LogP contribution in [-0.4, -0.2) is 100.0 Å². The minimum atomic E-state index is -3.77. The zero-order valence-corrected chi connectivity index (χ0v) is 47.7. The first-order valence-electron chi connectivity index (χ1n) is 27.3. The number of rotatable bonds is 24. The van der Waals surface area contributed by atoms with E-state index in [-0.39, 0.29) is 53.7 Å². The fourth-order valence-corrected chi connectivity index (χ4v) is 10.9. The molecule has 1 fully saturated rings. The summed E-state index contributed by atoms with van der Waals surface area (Å²) in [6, 6.07) is 44.2. The fraction of sp³-hybridized carbons (Fsp3) is 0.344. The molecule has 2 heterocycles. The molecule has 81 heavy (non-hydrogen) atoms. The molecule has 0 unspecified atom stereocenters. The molecule has 1 aliphatic heterocycles. The van der Waals surface area contributed by atoms with E-state index in [9.17, 15) is 27.6 Å². The SMILES string of the molecule is CC(C)(C)OC(=O)CNC(=O)c1ccc(S(=O)(=O)N2CCC(c3ccc(OCCOCCOCCOc4cc(C(C)(C)C)c(NC(=O)c5cn(Cc6ccccc6)c6ccccc6c5=O)cc4OCc4ccccc4)cc3)CC2)cc1. The monoisotopic (exact) mass is 1120 g/mol. The standard InChI is InChI=1S/C64H72N4O12S/c1-63(2,3)54-39-57(58(79-44-46-17-11-8-12-18-46)40-55(54)66-62(72)53-43-67(42-45-15-9-7-10-16-45)56-20-14-13-19-52(56)60(53)70)78-38-36-76-34-33-75-35-37-77-50-25-21-47(22-26-50)48-29-31-68(32-30-48)81(73,74)51-27-23-49(24-28-51)61(71)65-41-59(69)80-64(4,5)6/h7-28,39-40,43,48H,29-38,41-42,44H2,1-6H3,(H,65,71)(H,66,72). The lowest BCUT2D eigenvalue weighted by molar-refractivity contribution is -0.153. The number of ether oxygens (including phenoxy) is 6. The topological polar surface area (TPSA) is 190 Å². The maximum atomic E-state index is 14.3. The highest BCUT2D eigenvalue weighted by Crippen LogP contribution is 2.40. The van der Waals surface area contributed by atoms with E-state index in [0.717, 1.165) is 27.8 Å². The van der Waals surface area contributed by atoms with Crippen molar-refractivity contribution < 1.29 is 51.2 Å². The molecule has 0 atom stereocenters. The number of fused-ring (bicyclic) bond motifs is 1. The number of pyridine rings is 1. The highest BCUT2D eigenvalue weighted by Gasteiger charge is 2.31. The number of para-hydroxylation sites is 1. The smallest absolute Gasteiger partial charge is 0.325 e. The Balaban J connectivity index is 0.782. The molecule has 0 saturated carbocycles. The molecule has 426 valence electrons. The number of hydrogen-bond donors (Lipinski definition) is 2. The summed E-state index contributed by atoms with van der Waals surface area (Å²) in [4.78, 5) is 52.9. The molecule has 2 amide bonds. The number of aromatic nitrogens is 1. The maximum absolute atomic E-state index is 14.3. The van der Waals surface area contributed by atoms with Gasteiger partial charge in [-0.2, -0.15) is 4.31 Å². The van der Waals surface area contributed by atoms with Gasteiger partial charge in [-0.3, -0.25) is 19.2 Å². The normalized spacial score (nSPS) is 13.4. The third kappa shape index (κ3) is 16.4. The molecule has 0 aliphatic carbocycles. The van der Waals surface area contributed by atoms with E-state index in [2.05, 4.69) is 10.6 Å². The Labute approximate surface area is 474 Å². The predicted octanol–water partition coefficient (Wildman–Crippen LogP) is 10.3. The molecule has 8 rings (SSSR count). The van der Waals surface area contributed by atoms with Crippen LogP contribution in [0.1, 0.15) is 103 Å². The Morgan fingerprint density at radius 2 is 1.23 bits per heavy atom. The van der Waals surface area contributed by atoms with Crippen LogP contribution in [0.25, 0.3) is 10.9 Å². The minimum absolute atomic E-state index is 0.0224. The molecule has 7 aromatic rings. The lowest BCUT2D eigenvalue weighted by Crippen LogP contribution is -2.38. The summed E-state index contributed by atoms with van der Waals surface area (Å²) >= 11 is 0. The number of carbonyl (C=O) groups excluding carboxylic acids is 3. The molecule has 2 N–H and O–H groups in total. The summed E-state index contributed by atoms with van der Waals surface area (Å²) in [6.07, 6.45) is 2.94. The fourth-order valence-electron chi connectivity index (χ4n) is 9.43. The highest BCUT2D eigenvalue weighted by molar-refractivity contribution is 7.89. The van der Waals surface area contributed by atoms with Gasteiger partial charge in [-0.25, -0.2) is 8.42 Å². The van der Waals surface area contributed by atoms with E-state index < -0.39 is 38.8 Å². The van der Waals surface area contributed by atoms with Crippen LogP contribution in [-0.2, 0) is 47.6 Å². The number of esters is 1. The first kappa shape index (κ1) is 59.3. The minimum Gasteiger partial charge on any atom is -0.491 e. The summed E-state index contributed by atoms with van der Waals surface area (Å²) in [5.74, 6) is 0.174. The Morgan fingerprint density at radius 3 is 1.88 bits per heavy atom. The van der Waals surface area contributed by atoms with Gasteiger partial charge in [-0.15, -0.1) is 0 Å². The van der Waals surface area contributed by atoms with Gasteiger partial charge < -0.3 is 43.6 Å². The van der Waals surface area contributed by atoms with Crippen molar-refractivity contribution in [2.24, 2.45) is 0 Å². The largest absolute Gasteiger partial charge is 0.491 e. The molecule has 16 nitrogen and oxygen atoms in total. The van der Waals surface area contributed by atoms with Crippen LogP contribution in [0.15, 0.2) is 161 Å². The Hall–Kier alpha value is -7.83. The van der Waals surface area contributed by atoms with Crippen LogP contribution in [0.2, 0.25) is 0 Å². The van der Waals surface area contributed by atoms with Crippen molar-refractivity contribution in [1.82, 2.24) is 14.2 Å². The molecule has 1 aliphatic rings. The van der Waals surface area contributed by atoms with Gasteiger partial charge in [0.1, 0.15) is 43.3 Å². The number of anilines is 1. The van der Waals surface area contributed by atoms with Crippen molar-refractivity contribution in [1.29, 1.82) is 0 Å². The second-order valence-corrected chi connectivity index (χ2v) is 23.7. The molecule has 1 aromatic heterocycles. The molecule has 0 bridgehead atoms. The van der Waals surface area contributed by atoms with Crippen molar-refractivity contribution in [3.05, 3.63) is 195 Å². The molecule has 1 saturated heterocycles. The van der Waals surface area contributed by atoms with E-state index in [1.165, 1.54) is 28.6 Å². The first-order chi connectivity index (χ1) is 38.8. The Morgan fingerprint density at radius 1 is 0.642 bits per heavy atom. The summed E-state index contributed by atoms with van der Waals surface area (Å²) in [7, 11) is -3.77.